The highest BCUT2D eigenvalue weighted by molar-refractivity contribution is 7.25. The molecule has 0 N–H and O–H groups in total. The van der Waals surface area contributed by atoms with Crippen LogP contribution in [0.5, 0.6) is 0 Å². The van der Waals surface area contributed by atoms with Gasteiger partial charge >= 0.3 is 0 Å². The molecule has 0 aliphatic rings. The van der Waals surface area contributed by atoms with E-state index in [0.717, 1.165) is 66.1 Å². The Bertz CT molecular complexity index is 3000. The van der Waals surface area contributed by atoms with E-state index in [1.54, 1.807) is 0 Å². The van der Waals surface area contributed by atoms with Gasteiger partial charge in [-0.2, -0.15) is 0 Å². The van der Waals surface area contributed by atoms with Crippen molar-refractivity contribution in [2.24, 2.45) is 0 Å². The molecule has 2 nitrogen and oxygen atoms in total. The second kappa shape index (κ2) is 11.0. The summed E-state index contributed by atoms with van der Waals surface area (Å²) in [5, 5.41) is 7.16. The zero-order valence-electron chi connectivity index (χ0n) is 27.4. The second-order valence-electron chi connectivity index (χ2n) is 13.3. The third-order valence-corrected chi connectivity index (χ3v) is 11.4. The lowest BCUT2D eigenvalue weighted by atomic mass is 9.91. The van der Waals surface area contributed by atoms with Crippen LogP contribution in [-0.4, -0.2) is 0 Å². The topological polar surface area (TPSA) is 26.3 Å². The van der Waals surface area contributed by atoms with Gasteiger partial charge in [-0.15, -0.1) is 11.3 Å². The molecule has 0 spiro atoms. The third-order valence-electron chi connectivity index (χ3n) is 10.3. The van der Waals surface area contributed by atoms with Crippen LogP contribution < -0.4 is 0 Å². The van der Waals surface area contributed by atoms with Crippen molar-refractivity contribution in [3.05, 3.63) is 170 Å². The number of benzene rings is 8. The molecule has 0 fully saturated rings. The molecule has 11 rings (SSSR count). The summed E-state index contributed by atoms with van der Waals surface area (Å²) in [6, 6.07) is 61.1. The monoisotopic (exact) mass is 668 g/mol. The normalized spacial score (nSPS) is 11.9. The van der Waals surface area contributed by atoms with E-state index >= 15 is 0 Å². The number of hydrogen-bond donors (Lipinski definition) is 0. The average molecular weight is 669 g/mol. The summed E-state index contributed by atoms with van der Waals surface area (Å²) in [6.45, 7) is 0. The smallest absolute Gasteiger partial charge is 0.135 e. The van der Waals surface area contributed by atoms with Crippen molar-refractivity contribution in [1.82, 2.24) is 0 Å². The van der Waals surface area contributed by atoms with Crippen LogP contribution in [0.4, 0.5) is 0 Å². The lowest BCUT2D eigenvalue weighted by molar-refractivity contribution is 0.668. The Labute approximate surface area is 297 Å². The van der Waals surface area contributed by atoms with Gasteiger partial charge in [0, 0.05) is 41.7 Å². The molecule has 11 aromatic rings. The number of para-hydroxylation sites is 2. The first kappa shape index (κ1) is 28.4. The van der Waals surface area contributed by atoms with Crippen molar-refractivity contribution >= 4 is 75.4 Å². The number of furan rings is 2. The summed E-state index contributed by atoms with van der Waals surface area (Å²) >= 11 is 1.86. The van der Waals surface area contributed by atoms with E-state index in [-0.39, 0.29) is 0 Å². The molecule has 3 heterocycles. The lowest BCUT2D eigenvalue weighted by Crippen LogP contribution is -1.87. The standard InChI is InChI=1S/C48H28O2S/c1-4-10-43-37(7-1)40-26-32(17-20-45(40)49-43)35-23-34(24-36(25-35)33-18-21-46-41(27-33)38-8-2-5-11-44(38)50-46)30-15-13-29(14-16-30)31-19-22-48-42(28-31)39-9-3-6-12-47(39)51-48/h1-28H. The zero-order valence-corrected chi connectivity index (χ0v) is 28.2. The van der Waals surface area contributed by atoms with Gasteiger partial charge in [-0.25, -0.2) is 0 Å². The fourth-order valence-corrected chi connectivity index (χ4v) is 8.79. The molecule has 0 unspecified atom stereocenters. The van der Waals surface area contributed by atoms with Crippen molar-refractivity contribution in [2.45, 2.75) is 0 Å². The van der Waals surface area contributed by atoms with Crippen LogP contribution in [0.3, 0.4) is 0 Å². The molecule has 0 bridgehead atoms. The quantitative estimate of drug-likeness (QED) is 0.187. The van der Waals surface area contributed by atoms with Crippen LogP contribution in [0.1, 0.15) is 0 Å². The maximum absolute atomic E-state index is 6.18. The molecule has 0 radical (unpaired) electrons. The molecular weight excluding hydrogens is 641 g/mol. The molecule has 0 saturated carbocycles. The van der Waals surface area contributed by atoms with Crippen molar-refractivity contribution in [3.8, 4) is 44.5 Å². The molecule has 3 aromatic heterocycles. The van der Waals surface area contributed by atoms with E-state index in [1.165, 1.54) is 42.4 Å². The molecule has 51 heavy (non-hydrogen) atoms. The van der Waals surface area contributed by atoms with Crippen molar-refractivity contribution in [1.29, 1.82) is 0 Å². The van der Waals surface area contributed by atoms with Crippen molar-refractivity contribution in [2.75, 3.05) is 0 Å². The highest BCUT2D eigenvalue weighted by Crippen LogP contribution is 2.40. The Morgan fingerprint density at radius 2 is 0.647 bits per heavy atom. The van der Waals surface area contributed by atoms with E-state index in [4.69, 9.17) is 8.83 Å². The molecular formula is C48H28O2S. The minimum absolute atomic E-state index is 0.901. The molecule has 3 heteroatoms. The first-order valence-corrected chi connectivity index (χ1v) is 18.0. The predicted octanol–water partition coefficient (Wildman–Crippen LogP) is 14.5. The van der Waals surface area contributed by atoms with E-state index < -0.39 is 0 Å². The Morgan fingerprint density at radius 1 is 0.255 bits per heavy atom. The first-order chi connectivity index (χ1) is 25.2. The molecule has 0 aliphatic heterocycles. The molecule has 0 atom stereocenters. The minimum Gasteiger partial charge on any atom is -0.456 e. The van der Waals surface area contributed by atoms with E-state index in [0.29, 0.717) is 0 Å². The Morgan fingerprint density at radius 3 is 1.25 bits per heavy atom. The number of fused-ring (bicyclic) bond motifs is 9. The largest absolute Gasteiger partial charge is 0.456 e. The van der Waals surface area contributed by atoms with Gasteiger partial charge in [0.05, 0.1) is 0 Å². The molecule has 0 aliphatic carbocycles. The third kappa shape index (κ3) is 4.63. The summed E-state index contributed by atoms with van der Waals surface area (Å²) < 4.78 is 15.0. The van der Waals surface area contributed by atoms with Crippen LogP contribution in [0.2, 0.25) is 0 Å². The maximum Gasteiger partial charge on any atom is 0.135 e. The highest BCUT2D eigenvalue weighted by atomic mass is 32.1. The minimum atomic E-state index is 0.901. The Hall–Kier alpha value is -6.42. The van der Waals surface area contributed by atoms with Gasteiger partial charge in [-0.1, -0.05) is 97.1 Å². The van der Waals surface area contributed by atoms with Gasteiger partial charge in [0.2, 0.25) is 0 Å². The molecule has 238 valence electrons. The predicted molar refractivity (Wildman–Crippen MR) is 216 cm³/mol. The average Bonchev–Trinajstić information content (AvgIpc) is 3.88. The Balaban J connectivity index is 1.05. The van der Waals surface area contributed by atoms with Crippen LogP contribution in [0, 0.1) is 0 Å². The summed E-state index contributed by atoms with van der Waals surface area (Å²) in [5.74, 6) is 0. The van der Waals surface area contributed by atoms with E-state index in [9.17, 15) is 0 Å². The van der Waals surface area contributed by atoms with Gasteiger partial charge in [-0.3, -0.25) is 0 Å². The van der Waals surface area contributed by atoms with Crippen molar-refractivity contribution in [3.63, 3.8) is 0 Å². The second-order valence-corrected chi connectivity index (χ2v) is 14.4. The summed E-state index contributed by atoms with van der Waals surface area (Å²) in [5.41, 5.74) is 13.0. The molecule has 0 amide bonds. The highest BCUT2D eigenvalue weighted by Gasteiger charge is 2.14. The van der Waals surface area contributed by atoms with Crippen LogP contribution >= 0.6 is 11.3 Å². The molecule has 8 aromatic carbocycles. The number of thiophene rings is 1. The summed E-state index contributed by atoms with van der Waals surface area (Å²) in [4.78, 5) is 0. The van der Waals surface area contributed by atoms with Gasteiger partial charge < -0.3 is 8.83 Å². The Kier molecular flexibility index (Phi) is 6.16. The SMILES string of the molecule is c1ccc2c(c1)oc1ccc(-c3cc(-c4ccc(-c5ccc6sc7ccccc7c6c5)cc4)cc(-c4ccc5oc6ccccc6c5c4)c3)cc12. The zero-order chi connectivity index (χ0) is 33.5. The van der Waals surface area contributed by atoms with E-state index in [2.05, 4.69) is 146 Å². The van der Waals surface area contributed by atoms with Gasteiger partial charge in [0.15, 0.2) is 0 Å². The first-order valence-electron chi connectivity index (χ1n) is 17.2. The molecule has 0 saturated heterocycles. The number of hydrogen-bond acceptors (Lipinski definition) is 3. The van der Waals surface area contributed by atoms with Crippen LogP contribution in [-0.2, 0) is 0 Å². The van der Waals surface area contributed by atoms with Gasteiger partial charge in [0.1, 0.15) is 22.3 Å². The maximum atomic E-state index is 6.18. The van der Waals surface area contributed by atoms with Gasteiger partial charge in [-0.05, 0) is 117 Å². The van der Waals surface area contributed by atoms with Crippen molar-refractivity contribution < 1.29 is 8.83 Å². The van der Waals surface area contributed by atoms with Crippen LogP contribution in [0.25, 0.3) is 109 Å². The fourth-order valence-electron chi connectivity index (χ4n) is 7.70. The van der Waals surface area contributed by atoms with Gasteiger partial charge in [0.25, 0.3) is 0 Å². The summed E-state index contributed by atoms with van der Waals surface area (Å²) in [6.07, 6.45) is 0. The lowest BCUT2D eigenvalue weighted by Gasteiger charge is -2.12. The fraction of sp³-hybridized carbons (Fsp3) is 0. The van der Waals surface area contributed by atoms with E-state index in [1.807, 2.05) is 35.6 Å². The number of rotatable bonds is 4. The summed E-state index contributed by atoms with van der Waals surface area (Å²) in [7, 11) is 0. The van der Waals surface area contributed by atoms with Crippen LogP contribution in [0.15, 0.2) is 179 Å².